The lowest BCUT2D eigenvalue weighted by Crippen LogP contribution is -2.39. The van der Waals surface area contributed by atoms with Crippen molar-refractivity contribution in [1.82, 2.24) is 10.2 Å². The van der Waals surface area contributed by atoms with Gasteiger partial charge in [0.25, 0.3) is 0 Å². The van der Waals surface area contributed by atoms with Crippen molar-refractivity contribution in [2.75, 3.05) is 18.5 Å². The molecular formula is C12H16F3N3O. The third kappa shape index (κ3) is 3.34. The molecule has 0 atom stereocenters. The summed E-state index contributed by atoms with van der Waals surface area (Å²) >= 11 is 0. The minimum Gasteiger partial charge on any atom is -0.388 e. The fraction of sp³-hybridized carbons (Fsp3) is 0.667. The maximum absolute atomic E-state index is 12.4. The molecule has 1 aliphatic rings. The molecule has 1 aliphatic carbocycles. The summed E-state index contributed by atoms with van der Waals surface area (Å²) in [4.78, 5) is 1.64. The van der Waals surface area contributed by atoms with Crippen molar-refractivity contribution >= 4 is 5.82 Å². The Hall–Kier alpha value is -1.37. The Morgan fingerprint density at radius 3 is 2.37 bits per heavy atom. The summed E-state index contributed by atoms with van der Waals surface area (Å²) in [6.07, 6.45) is -1.10. The molecule has 1 N–H and O–H groups in total. The van der Waals surface area contributed by atoms with Crippen molar-refractivity contribution in [3.05, 3.63) is 17.8 Å². The van der Waals surface area contributed by atoms with E-state index < -0.39 is 17.5 Å². The van der Waals surface area contributed by atoms with Crippen LogP contribution in [0.2, 0.25) is 0 Å². The Labute approximate surface area is 109 Å². The molecule has 0 aromatic carbocycles. The molecule has 1 aromatic rings. The van der Waals surface area contributed by atoms with Crippen molar-refractivity contribution in [3.8, 4) is 0 Å². The van der Waals surface area contributed by atoms with E-state index in [1.807, 2.05) is 0 Å². The highest BCUT2D eigenvalue weighted by molar-refractivity contribution is 5.37. The Morgan fingerprint density at radius 2 is 1.89 bits per heavy atom. The highest BCUT2D eigenvalue weighted by Crippen LogP contribution is 2.31. The van der Waals surface area contributed by atoms with Gasteiger partial charge in [-0.2, -0.15) is 13.2 Å². The lowest BCUT2D eigenvalue weighted by atomic mass is 10.0. The Kier molecular flexibility index (Phi) is 3.66. The SMILES string of the molecule is CN(CC1(O)CCCC1)c1ccc(C(F)(F)F)nn1. The first-order valence-corrected chi connectivity index (χ1v) is 6.15. The molecule has 1 heterocycles. The molecule has 0 aliphatic heterocycles. The summed E-state index contributed by atoms with van der Waals surface area (Å²) in [5, 5.41) is 17.0. The molecule has 0 unspecified atom stereocenters. The van der Waals surface area contributed by atoms with Gasteiger partial charge in [0.1, 0.15) is 0 Å². The van der Waals surface area contributed by atoms with Crippen LogP contribution in [-0.2, 0) is 6.18 Å². The van der Waals surface area contributed by atoms with Crippen molar-refractivity contribution in [2.24, 2.45) is 0 Å². The van der Waals surface area contributed by atoms with E-state index in [0.717, 1.165) is 18.9 Å². The average molecular weight is 275 g/mol. The molecular weight excluding hydrogens is 259 g/mol. The Bertz CT molecular complexity index is 427. The quantitative estimate of drug-likeness (QED) is 0.919. The first-order valence-electron chi connectivity index (χ1n) is 6.15. The zero-order valence-corrected chi connectivity index (χ0v) is 10.6. The predicted octanol–water partition coefficient (Wildman–Crippen LogP) is 2.24. The number of halogens is 3. The van der Waals surface area contributed by atoms with E-state index in [1.54, 1.807) is 11.9 Å². The molecule has 1 aromatic heterocycles. The van der Waals surface area contributed by atoms with Crippen LogP contribution >= 0.6 is 0 Å². The molecule has 0 radical (unpaired) electrons. The van der Waals surface area contributed by atoms with Gasteiger partial charge in [-0.15, -0.1) is 10.2 Å². The van der Waals surface area contributed by atoms with Crippen LogP contribution in [0.25, 0.3) is 0 Å². The van der Waals surface area contributed by atoms with Crippen LogP contribution in [0.4, 0.5) is 19.0 Å². The topological polar surface area (TPSA) is 49.2 Å². The molecule has 7 heteroatoms. The Morgan fingerprint density at radius 1 is 1.26 bits per heavy atom. The molecule has 0 saturated heterocycles. The van der Waals surface area contributed by atoms with Gasteiger partial charge in [-0.1, -0.05) is 12.8 Å². The first kappa shape index (κ1) is 14.0. The van der Waals surface area contributed by atoms with Crippen LogP contribution in [0.3, 0.4) is 0 Å². The average Bonchev–Trinajstić information content (AvgIpc) is 2.75. The van der Waals surface area contributed by atoms with E-state index >= 15 is 0 Å². The van der Waals surface area contributed by atoms with Gasteiger partial charge >= 0.3 is 6.18 Å². The highest BCUT2D eigenvalue weighted by atomic mass is 19.4. The monoisotopic (exact) mass is 275 g/mol. The molecule has 2 rings (SSSR count). The number of hydrogen-bond donors (Lipinski definition) is 1. The second-order valence-electron chi connectivity index (χ2n) is 5.06. The van der Waals surface area contributed by atoms with Crippen LogP contribution in [0, 0.1) is 0 Å². The van der Waals surface area contributed by atoms with E-state index in [0.29, 0.717) is 25.2 Å². The van der Waals surface area contributed by atoms with Crippen molar-refractivity contribution in [3.63, 3.8) is 0 Å². The maximum Gasteiger partial charge on any atom is 0.435 e. The zero-order valence-electron chi connectivity index (χ0n) is 10.6. The molecule has 1 fully saturated rings. The number of aliphatic hydroxyl groups is 1. The van der Waals surface area contributed by atoms with Crippen molar-refractivity contribution in [1.29, 1.82) is 0 Å². The van der Waals surface area contributed by atoms with Gasteiger partial charge in [0, 0.05) is 13.6 Å². The number of hydrogen-bond acceptors (Lipinski definition) is 4. The highest BCUT2D eigenvalue weighted by Gasteiger charge is 2.34. The van der Waals surface area contributed by atoms with Crippen LogP contribution in [0.15, 0.2) is 12.1 Å². The van der Waals surface area contributed by atoms with Crippen LogP contribution < -0.4 is 4.90 Å². The van der Waals surface area contributed by atoms with Gasteiger partial charge in [-0.05, 0) is 25.0 Å². The molecule has 1 saturated carbocycles. The summed E-state index contributed by atoms with van der Waals surface area (Å²) in [7, 11) is 1.69. The molecule has 0 bridgehead atoms. The summed E-state index contributed by atoms with van der Waals surface area (Å²) in [5.41, 5.74) is -1.77. The van der Waals surface area contributed by atoms with Gasteiger partial charge in [0.05, 0.1) is 5.60 Å². The molecule has 4 nitrogen and oxygen atoms in total. The van der Waals surface area contributed by atoms with Gasteiger partial charge in [-0.3, -0.25) is 0 Å². The predicted molar refractivity (Wildman–Crippen MR) is 63.7 cm³/mol. The maximum atomic E-state index is 12.4. The van der Waals surface area contributed by atoms with E-state index in [9.17, 15) is 18.3 Å². The zero-order chi connectivity index (χ0) is 14.1. The van der Waals surface area contributed by atoms with Gasteiger partial charge in [0.2, 0.25) is 0 Å². The minimum atomic E-state index is -4.48. The number of anilines is 1. The lowest BCUT2D eigenvalue weighted by molar-refractivity contribution is -0.141. The summed E-state index contributed by atoms with van der Waals surface area (Å²) in [6.45, 7) is 0.354. The lowest BCUT2D eigenvalue weighted by Gasteiger charge is -2.29. The number of aromatic nitrogens is 2. The molecule has 19 heavy (non-hydrogen) atoms. The minimum absolute atomic E-state index is 0.327. The first-order chi connectivity index (χ1) is 8.80. The van der Waals surface area contributed by atoms with E-state index in [1.165, 1.54) is 6.07 Å². The fourth-order valence-corrected chi connectivity index (χ4v) is 2.39. The normalized spacial score (nSPS) is 18.6. The smallest absolute Gasteiger partial charge is 0.388 e. The number of alkyl halides is 3. The largest absolute Gasteiger partial charge is 0.435 e. The van der Waals surface area contributed by atoms with E-state index in [-0.39, 0.29) is 0 Å². The summed E-state index contributed by atoms with van der Waals surface area (Å²) in [5.74, 6) is 0.327. The number of rotatable bonds is 3. The third-order valence-electron chi connectivity index (χ3n) is 3.40. The summed E-state index contributed by atoms with van der Waals surface area (Å²) < 4.78 is 37.1. The van der Waals surface area contributed by atoms with Crippen molar-refractivity contribution < 1.29 is 18.3 Å². The number of likely N-dealkylation sites (N-methyl/N-ethyl adjacent to an activating group) is 1. The van der Waals surface area contributed by atoms with Crippen LogP contribution in [0.1, 0.15) is 31.4 Å². The van der Waals surface area contributed by atoms with Crippen LogP contribution in [-0.4, -0.2) is 34.5 Å². The molecule has 0 amide bonds. The van der Waals surface area contributed by atoms with Gasteiger partial charge in [0.15, 0.2) is 11.5 Å². The second-order valence-corrected chi connectivity index (χ2v) is 5.06. The second kappa shape index (κ2) is 4.96. The van der Waals surface area contributed by atoms with Gasteiger partial charge < -0.3 is 10.0 Å². The Balaban J connectivity index is 2.05. The molecule has 0 spiro atoms. The van der Waals surface area contributed by atoms with Crippen LogP contribution in [0.5, 0.6) is 0 Å². The fourth-order valence-electron chi connectivity index (χ4n) is 2.39. The van der Waals surface area contributed by atoms with E-state index in [4.69, 9.17) is 0 Å². The van der Waals surface area contributed by atoms with E-state index in [2.05, 4.69) is 10.2 Å². The standard InChI is InChI=1S/C12H16F3N3O/c1-18(8-11(19)6-2-3-7-11)10-5-4-9(16-17-10)12(13,14)15/h4-5,19H,2-3,6-8H2,1H3. The van der Waals surface area contributed by atoms with Crippen molar-refractivity contribution in [2.45, 2.75) is 37.5 Å². The van der Waals surface area contributed by atoms with Gasteiger partial charge in [-0.25, -0.2) is 0 Å². The summed E-state index contributed by atoms with van der Waals surface area (Å²) in [6, 6.07) is 2.17. The number of nitrogens with zero attached hydrogens (tertiary/aromatic N) is 3. The third-order valence-corrected chi connectivity index (χ3v) is 3.40. The molecule has 106 valence electrons.